The molecule has 8 heteroatoms. The third kappa shape index (κ3) is 10.3. The predicted molar refractivity (Wildman–Crippen MR) is 164 cm³/mol. The minimum absolute atomic E-state index is 0.158. The van der Waals surface area contributed by atoms with Crippen molar-refractivity contribution in [3.63, 3.8) is 0 Å². The predicted octanol–water partition coefficient (Wildman–Crippen LogP) is 3.61. The molecule has 3 aliphatic rings. The van der Waals surface area contributed by atoms with Crippen molar-refractivity contribution in [2.45, 2.75) is 152 Å². The van der Waals surface area contributed by atoms with E-state index in [1.54, 1.807) is 0 Å². The maximum Gasteiger partial charge on any atom is 0.306 e. The standard InChI is InChI=1S/C33H56N4O4/c1-23-29(38)14-13-27(36-23)12-11-24-8-5-3-4-6-15-33(41,21-31(39)40)22-35-32(2)19-28(37-30(34)20-32)18-26-10-7-9-25(16-24)17-26/h7,9-10,17,23-24,27-30,35-38,41H,3-6,8,11-16,18-22,34H2,1-2H3,(H,39,40)/t23-,24+,27-,28+,29-,30+,32+,33-/m1/s1. The molecule has 41 heavy (non-hydrogen) atoms. The molecule has 232 valence electrons. The fourth-order valence-corrected chi connectivity index (χ4v) is 7.65. The molecule has 8 nitrogen and oxygen atoms in total. The highest BCUT2D eigenvalue weighted by atomic mass is 16.4. The van der Waals surface area contributed by atoms with Gasteiger partial charge in [-0.15, -0.1) is 0 Å². The Bertz CT molecular complexity index is 978. The number of aliphatic hydroxyl groups is 2. The summed E-state index contributed by atoms with van der Waals surface area (Å²) < 4.78 is 0. The normalized spacial score (nSPS) is 38.0. The number of carboxylic acid groups (broad SMARTS) is 1. The molecule has 0 radical (unpaired) electrons. The van der Waals surface area contributed by atoms with Crippen LogP contribution in [0.4, 0.5) is 0 Å². The van der Waals surface area contributed by atoms with Gasteiger partial charge < -0.3 is 31.7 Å². The zero-order chi connectivity index (χ0) is 29.5. The summed E-state index contributed by atoms with van der Waals surface area (Å²) in [7, 11) is 0. The first kappa shape index (κ1) is 32.4. The van der Waals surface area contributed by atoms with E-state index in [-0.39, 0.29) is 42.9 Å². The van der Waals surface area contributed by atoms with Gasteiger partial charge in [0.25, 0.3) is 0 Å². The summed E-state index contributed by atoms with van der Waals surface area (Å²) in [6, 6.07) is 9.90. The summed E-state index contributed by atoms with van der Waals surface area (Å²) in [5.74, 6) is -0.355. The lowest BCUT2D eigenvalue weighted by atomic mass is 9.81. The second-order valence-corrected chi connectivity index (χ2v) is 14.0. The number of aliphatic carboxylic acids is 1. The zero-order valence-electron chi connectivity index (χ0n) is 25.4. The van der Waals surface area contributed by atoms with E-state index in [9.17, 15) is 20.1 Å². The number of benzene rings is 1. The highest BCUT2D eigenvalue weighted by Crippen LogP contribution is 2.30. The fourth-order valence-electron chi connectivity index (χ4n) is 7.65. The molecule has 0 aromatic heterocycles. The van der Waals surface area contributed by atoms with E-state index >= 15 is 0 Å². The second kappa shape index (κ2) is 14.8. The number of carboxylic acids is 1. The van der Waals surface area contributed by atoms with E-state index in [1.165, 1.54) is 24.0 Å². The maximum absolute atomic E-state index is 11.6. The van der Waals surface area contributed by atoms with Gasteiger partial charge in [0.15, 0.2) is 0 Å². The van der Waals surface area contributed by atoms with E-state index in [1.807, 2.05) is 0 Å². The van der Waals surface area contributed by atoms with Crippen molar-refractivity contribution >= 4 is 5.97 Å². The molecule has 4 bridgehead atoms. The molecule has 1 aromatic rings. The van der Waals surface area contributed by atoms with E-state index in [0.29, 0.717) is 18.4 Å². The van der Waals surface area contributed by atoms with E-state index < -0.39 is 11.6 Å². The van der Waals surface area contributed by atoms with Gasteiger partial charge in [-0.25, -0.2) is 0 Å². The quantitative estimate of drug-likeness (QED) is 0.284. The van der Waals surface area contributed by atoms with Gasteiger partial charge in [-0.2, -0.15) is 0 Å². The first-order valence-corrected chi connectivity index (χ1v) is 16.2. The first-order valence-electron chi connectivity index (χ1n) is 16.2. The van der Waals surface area contributed by atoms with Crippen LogP contribution in [0.3, 0.4) is 0 Å². The van der Waals surface area contributed by atoms with Gasteiger partial charge >= 0.3 is 5.97 Å². The van der Waals surface area contributed by atoms with E-state index in [2.05, 4.69) is 54.1 Å². The minimum atomic E-state index is -1.26. The summed E-state index contributed by atoms with van der Waals surface area (Å²) in [5, 5.41) is 41.8. The summed E-state index contributed by atoms with van der Waals surface area (Å²) in [6.45, 7) is 4.50. The Balaban J connectivity index is 1.48. The lowest BCUT2D eigenvalue weighted by molar-refractivity contribution is -0.143. The topological polar surface area (TPSA) is 140 Å². The van der Waals surface area contributed by atoms with E-state index in [4.69, 9.17) is 5.73 Å². The number of carbonyl (C=O) groups is 1. The average molecular weight is 573 g/mol. The number of β-amino-alcohol motifs (C(OH)–C–C–N with tert-alkyl or cyclic N) is 1. The fraction of sp³-hybridized carbons (Fsp3) is 0.788. The third-order valence-corrected chi connectivity index (χ3v) is 9.95. The first-order chi connectivity index (χ1) is 19.5. The lowest BCUT2D eigenvalue weighted by Gasteiger charge is -2.44. The Hall–Kier alpha value is -1.55. The molecule has 0 amide bonds. The van der Waals surface area contributed by atoms with Crippen molar-refractivity contribution in [1.29, 1.82) is 0 Å². The highest BCUT2D eigenvalue weighted by Gasteiger charge is 2.38. The average Bonchev–Trinajstić information content (AvgIpc) is 2.89. The number of rotatable bonds is 5. The van der Waals surface area contributed by atoms with Crippen LogP contribution in [0.1, 0.15) is 108 Å². The number of hydrogen-bond acceptors (Lipinski definition) is 7. The van der Waals surface area contributed by atoms with Crippen LogP contribution in [0.2, 0.25) is 0 Å². The van der Waals surface area contributed by atoms with Gasteiger partial charge in [0.1, 0.15) is 0 Å². The molecular weight excluding hydrogens is 516 g/mol. The van der Waals surface area contributed by atoms with Crippen LogP contribution in [0.15, 0.2) is 24.3 Å². The lowest BCUT2D eigenvalue weighted by Crippen LogP contribution is -2.63. The monoisotopic (exact) mass is 572 g/mol. The largest absolute Gasteiger partial charge is 0.481 e. The molecule has 8 N–H and O–H groups in total. The smallest absolute Gasteiger partial charge is 0.306 e. The van der Waals surface area contributed by atoms with Crippen molar-refractivity contribution in [2.24, 2.45) is 11.7 Å². The number of fused-ring (bicyclic) bond motifs is 4. The van der Waals surface area contributed by atoms with Crippen molar-refractivity contribution in [3.05, 3.63) is 35.4 Å². The molecule has 0 spiro atoms. The number of hydrogen-bond donors (Lipinski definition) is 7. The molecule has 3 aliphatic heterocycles. The van der Waals surface area contributed by atoms with E-state index in [0.717, 1.165) is 70.6 Å². The maximum atomic E-state index is 11.6. The molecular formula is C33H56N4O4. The van der Waals surface area contributed by atoms with Gasteiger partial charge in [0.2, 0.25) is 0 Å². The Morgan fingerprint density at radius 2 is 1.78 bits per heavy atom. The number of aliphatic hydroxyl groups excluding tert-OH is 1. The van der Waals surface area contributed by atoms with Gasteiger partial charge in [-0.3, -0.25) is 10.1 Å². The van der Waals surface area contributed by atoms with Gasteiger partial charge in [0.05, 0.1) is 24.3 Å². The van der Waals surface area contributed by atoms with Crippen LogP contribution in [-0.2, 0) is 17.6 Å². The summed E-state index contributed by atoms with van der Waals surface area (Å²) in [4.78, 5) is 11.6. The SMILES string of the molecule is C[C@H]1N[C@H](CC[C@@H]2CCCCCC[C@@](O)(CC(=O)O)CN[C@@]3(C)C[C@H](Cc4cccc(c4)C2)N[C@H](N)C3)CC[C@H]1O. The Morgan fingerprint density at radius 1 is 1.02 bits per heavy atom. The number of nitrogens with one attached hydrogen (secondary N) is 3. The molecule has 0 saturated carbocycles. The summed E-state index contributed by atoms with van der Waals surface area (Å²) in [5.41, 5.74) is 7.64. The van der Waals surface area contributed by atoms with Crippen molar-refractivity contribution in [3.8, 4) is 0 Å². The van der Waals surface area contributed by atoms with Crippen LogP contribution < -0.4 is 21.7 Å². The van der Waals surface area contributed by atoms with Crippen LogP contribution in [-0.4, -0.2) is 69.4 Å². The summed E-state index contributed by atoms with van der Waals surface area (Å²) >= 11 is 0. The Morgan fingerprint density at radius 3 is 2.54 bits per heavy atom. The molecule has 0 aliphatic carbocycles. The molecule has 3 heterocycles. The number of piperidine rings is 2. The Labute approximate surface area is 247 Å². The van der Waals surface area contributed by atoms with Gasteiger partial charge in [0, 0.05) is 30.2 Å². The zero-order valence-corrected chi connectivity index (χ0v) is 25.4. The molecule has 4 rings (SSSR count). The second-order valence-electron chi connectivity index (χ2n) is 14.0. The van der Waals surface area contributed by atoms with Crippen LogP contribution >= 0.6 is 0 Å². The molecule has 0 unspecified atom stereocenters. The Kier molecular flexibility index (Phi) is 11.6. The summed E-state index contributed by atoms with van der Waals surface area (Å²) in [6.07, 6.45) is 12.9. The third-order valence-electron chi connectivity index (χ3n) is 9.95. The molecule has 2 fully saturated rings. The van der Waals surface area contributed by atoms with Crippen molar-refractivity contribution < 1.29 is 20.1 Å². The number of nitrogens with two attached hydrogens (primary N) is 1. The van der Waals surface area contributed by atoms with Crippen molar-refractivity contribution in [2.75, 3.05) is 6.54 Å². The van der Waals surface area contributed by atoms with Crippen LogP contribution in [0, 0.1) is 5.92 Å². The highest BCUT2D eigenvalue weighted by molar-refractivity contribution is 5.68. The van der Waals surface area contributed by atoms with Gasteiger partial charge in [-0.1, -0.05) is 56.4 Å². The van der Waals surface area contributed by atoms with Crippen molar-refractivity contribution in [1.82, 2.24) is 16.0 Å². The molecule has 1 aromatic carbocycles. The molecule has 2 saturated heterocycles. The molecule has 8 atom stereocenters. The minimum Gasteiger partial charge on any atom is -0.481 e. The van der Waals surface area contributed by atoms with Crippen LogP contribution in [0.5, 0.6) is 0 Å². The van der Waals surface area contributed by atoms with Gasteiger partial charge in [-0.05, 0) is 88.7 Å². The van der Waals surface area contributed by atoms with Crippen LogP contribution in [0.25, 0.3) is 0 Å².